The maximum atomic E-state index is 12.1. The second-order valence-corrected chi connectivity index (χ2v) is 8.22. The third-order valence-corrected chi connectivity index (χ3v) is 5.59. The molecule has 0 unspecified atom stereocenters. The smallest absolute Gasteiger partial charge is 0.230 e. The summed E-state index contributed by atoms with van der Waals surface area (Å²) in [6.45, 7) is 5.98. The molecule has 3 rings (SSSR count). The van der Waals surface area contributed by atoms with Crippen molar-refractivity contribution in [2.45, 2.75) is 37.1 Å². The highest BCUT2D eigenvalue weighted by atomic mass is 32.2. The van der Waals surface area contributed by atoms with E-state index in [1.54, 1.807) is 29.7 Å². The molecule has 0 radical (unpaired) electrons. The summed E-state index contributed by atoms with van der Waals surface area (Å²) >= 11 is 2.88. The summed E-state index contributed by atoms with van der Waals surface area (Å²) < 4.78 is 3.33. The molecule has 29 heavy (non-hydrogen) atoms. The quantitative estimate of drug-likeness (QED) is 0.334. The summed E-state index contributed by atoms with van der Waals surface area (Å²) in [4.78, 5) is 21.3. The van der Waals surface area contributed by atoms with Crippen LogP contribution in [0.15, 0.2) is 16.5 Å². The Morgan fingerprint density at radius 3 is 2.79 bits per heavy atom. The van der Waals surface area contributed by atoms with E-state index >= 15 is 0 Å². The number of aryl methyl sites for hydroxylation is 1. The van der Waals surface area contributed by atoms with Crippen molar-refractivity contribution in [3.63, 3.8) is 0 Å². The molecule has 156 valence electrons. The number of aromatic nitrogens is 8. The van der Waals surface area contributed by atoms with Crippen LogP contribution in [0.25, 0.3) is 11.0 Å². The van der Waals surface area contributed by atoms with Crippen LogP contribution in [0.3, 0.4) is 0 Å². The lowest BCUT2D eigenvalue weighted by Gasteiger charge is -2.09. The molecule has 2 N–H and O–H groups in total. The van der Waals surface area contributed by atoms with Gasteiger partial charge in [-0.1, -0.05) is 37.4 Å². The Hall–Kier alpha value is -2.41. The molecule has 3 aromatic rings. The van der Waals surface area contributed by atoms with Gasteiger partial charge in [0.1, 0.15) is 5.82 Å². The first-order chi connectivity index (χ1) is 14.1. The molecule has 0 bridgehead atoms. The summed E-state index contributed by atoms with van der Waals surface area (Å²) in [6, 6.07) is 0. The molecular weight excluding hydrogens is 412 g/mol. The fourth-order valence-corrected chi connectivity index (χ4v) is 3.74. The zero-order valence-corrected chi connectivity index (χ0v) is 18.3. The average Bonchev–Trinajstić information content (AvgIpc) is 3.31. The van der Waals surface area contributed by atoms with Gasteiger partial charge in [0.25, 0.3) is 0 Å². The van der Waals surface area contributed by atoms with Gasteiger partial charge in [-0.3, -0.25) is 4.79 Å². The Balaban J connectivity index is 1.61. The van der Waals surface area contributed by atoms with Crippen LogP contribution in [0.4, 0.5) is 5.82 Å². The van der Waals surface area contributed by atoms with E-state index in [1.165, 1.54) is 16.4 Å². The second kappa shape index (κ2) is 10.4. The van der Waals surface area contributed by atoms with Crippen molar-refractivity contribution in [3.05, 3.63) is 6.20 Å². The predicted octanol–water partition coefficient (Wildman–Crippen LogP) is 1.19. The molecule has 0 aliphatic carbocycles. The predicted molar refractivity (Wildman–Crippen MR) is 113 cm³/mol. The maximum Gasteiger partial charge on any atom is 0.230 e. The Kier molecular flexibility index (Phi) is 7.63. The summed E-state index contributed by atoms with van der Waals surface area (Å²) in [5.41, 5.74) is 0.767. The van der Waals surface area contributed by atoms with Gasteiger partial charge in [-0.25, -0.2) is 19.3 Å². The van der Waals surface area contributed by atoms with Crippen molar-refractivity contribution >= 4 is 46.3 Å². The molecule has 11 nitrogen and oxygen atoms in total. The molecule has 0 atom stereocenters. The first-order valence-corrected chi connectivity index (χ1v) is 11.3. The molecule has 0 fully saturated rings. The standard InChI is InChI=1S/C16H24N10OS2/c1-4-6-18-13-11-9-19-26(14(11)21-15(20-13)28-5-2)8-7-17-12(27)10-29-16-22-23-24-25(16)3/h9H,4-8,10H2,1-3H3,(H,17,27)(H,18,20,21). The van der Waals surface area contributed by atoms with Crippen LogP contribution in [-0.4, -0.2) is 70.5 Å². The minimum Gasteiger partial charge on any atom is -0.369 e. The number of tetrazole rings is 1. The average molecular weight is 437 g/mol. The number of hydrogen-bond donors (Lipinski definition) is 2. The number of anilines is 1. The summed E-state index contributed by atoms with van der Waals surface area (Å²) in [5.74, 6) is 1.86. The van der Waals surface area contributed by atoms with Crippen LogP contribution in [0, 0.1) is 0 Å². The maximum absolute atomic E-state index is 12.1. The highest BCUT2D eigenvalue weighted by Gasteiger charge is 2.13. The fraction of sp³-hybridized carbons (Fsp3) is 0.562. The highest BCUT2D eigenvalue weighted by Crippen LogP contribution is 2.24. The van der Waals surface area contributed by atoms with Crippen LogP contribution in [-0.2, 0) is 18.4 Å². The van der Waals surface area contributed by atoms with E-state index in [4.69, 9.17) is 0 Å². The highest BCUT2D eigenvalue weighted by molar-refractivity contribution is 7.99. The lowest BCUT2D eigenvalue weighted by atomic mass is 10.3. The van der Waals surface area contributed by atoms with Gasteiger partial charge in [0.15, 0.2) is 10.8 Å². The number of amides is 1. The van der Waals surface area contributed by atoms with Gasteiger partial charge >= 0.3 is 0 Å². The summed E-state index contributed by atoms with van der Waals surface area (Å²) in [7, 11) is 1.74. The zero-order valence-electron chi connectivity index (χ0n) is 16.6. The lowest BCUT2D eigenvalue weighted by molar-refractivity contribution is -0.118. The Bertz CT molecular complexity index is 956. The number of thioether (sulfide) groups is 2. The monoisotopic (exact) mass is 436 g/mol. The van der Waals surface area contributed by atoms with Crippen molar-refractivity contribution in [1.82, 2.24) is 45.3 Å². The number of nitrogens with one attached hydrogen (secondary N) is 2. The number of hydrogen-bond acceptors (Lipinski definition) is 10. The zero-order chi connectivity index (χ0) is 20.6. The molecule has 1 amide bonds. The van der Waals surface area contributed by atoms with E-state index in [-0.39, 0.29) is 11.7 Å². The van der Waals surface area contributed by atoms with E-state index < -0.39 is 0 Å². The third-order valence-electron chi connectivity index (χ3n) is 3.85. The lowest BCUT2D eigenvalue weighted by Crippen LogP contribution is -2.29. The van der Waals surface area contributed by atoms with Gasteiger partial charge in [0.2, 0.25) is 11.1 Å². The van der Waals surface area contributed by atoms with Crippen molar-refractivity contribution in [3.8, 4) is 0 Å². The number of carbonyl (C=O) groups excluding carboxylic acids is 1. The van der Waals surface area contributed by atoms with E-state index in [2.05, 4.69) is 55.1 Å². The molecule has 0 aromatic carbocycles. The molecule has 3 aromatic heterocycles. The van der Waals surface area contributed by atoms with E-state index in [0.29, 0.717) is 18.2 Å². The Labute approximate surface area is 176 Å². The van der Waals surface area contributed by atoms with Gasteiger partial charge in [-0.05, 0) is 22.6 Å². The van der Waals surface area contributed by atoms with Crippen LogP contribution < -0.4 is 10.6 Å². The molecule has 13 heteroatoms. The van der Waals surface area contributed by atoms with Gasteiger partial charge in [0, 0.05) is 20.1 Å². The third kappa shape index (κ3) is 5.56. The molecule has 3 heterocycles. The van der Waals surface area contributed by atoms with Crippen LogP contribution in [0.5, 0.6) is 0 Å². The molecule has 0 spiro atoms. The summed E-state index contributed by atoms with van der Waals surface area (Å²) in [6.07, 6.45) is 2.77. The van der Waals surface area contributed by atoms with Gasteiger partial charge in [-0.2, -0.15) is 5.10 Å². The molecular formula is C16H24N10OS2. The van der Waals surface area contributed by atoms with Crippen molar-refractivity contribution in [2.75, 3.05) is 29.9 Å². The number of carbonyl (C=O) groups is 1. The van der Waals surface area contributed by atoms with Crippen molar-refractivity contribution < 1.29 is 4.79 Å². The van der Waals surface area contributed by atoms with Crippen LogP contribution in [0.1, 0.15) is 20.3 Å². The van der Waals surface area contributed by atoms with E-state index in [0.717, 1.165) is 40.7 Å². The fourth-order valence-electron chi connectivity index (χ4n) is 2.50. The minimum absolute atomic E-state index is 0.0865. The van der Waals surface area contributed by atoms with Crippen LogP contribution >= 0.6 is 23.5 Å². The first kappa shape index (κ1) is 21.3. The van der Waals surface area contributed by atoms with Crippen LogP contribution in [0.2, 0.25) is 0 Å². The van der Waals surface area contributed by atoms with Gasteiger partial charge in [0.05, 0.1) is 23.9 Å². The molecule has 0 saturated carbocycles. The minimum atomic E-state index is -0.0865. The molecule has 0 aliphatic heterocycles. The topological polar surface area (TPSA) is 128 Å². The number of nitrogens with zero attached hydrogens (tertiary/aromatic N) is 8. The molecule has 0 aliphatic rings. The first-order valence-electron chi connectivity index (χ1n) is 9.34. The second-order valence-electron chi connectivity index (χ2n) is 6.04. The van der Waals surface area contributed by atoms with E-state index in [1.807, 2.05) is 0 Å². The number of rotatable bonds is 11. The largest absolute Gasteiger partial charge is 0.369 e. The van der Waals surface area contributed by atoms with E-state index in [9.17, 15) is 4.79 Å². The van der Waals surface area contributed by atoms with Crippen molar-refractivity contribution in [2.24, 2.45) is 7.05 Å². The molecule has 0 saturated heterocycles. The SMILES string of the molecule is CCCNc1nc(SCC)nc2c1cnn2CCNC(=O)CSc1nnnn1C. The Morgan fingerprint density at radius 1 is 1.21 bits per heavy atom. The van der Waals surface area contributed by atoms with Crippen molar-refractivity contribution in [1.29, 1.82) is 0 Å². The normalized spacial score (nSPS) is 11.1. The number of fused-ring (bicyclic) bond motifs is 1. The summed E-state index contributed by atoms with van der Waals surface area (Å²) in [5, 5.41) is 24.0. The van der Waals surface area contributed by atoms with Gasteiger partial charge < -0.3 is 10.6 Å². The van der Waals surface area contributed by atoms with Gasteiger partial charge in [-0.15, -0.1) is 5.10 Å². The Morgan fingerprint density at radius 2 is 2.07 bits per heavy atom.